The van der Waals surface area contributed by atoms with Crippen molar-refractivity contribution in [3.8, 4) is 23.7 Å². The number of ketones is 1. The van der Waals surface area contributed by atoms with Gasteiger partial charge in [-0.2, -0.15) is 0 Å². The Morgan fingerprint density at radius 3 is 2.81 bits per heavy atom. The summed E-state index contributed by atoms with van der Waals surface area (Å²) in [6.07, 6.45) is 5.68. The minimum absolute atomic E-state index is 0.0572. The number of rotatable bonds is 7. The quantitative estimate of drug-likeness (QED) is 0.605. The molecule has 0 amide bonds. The second-order valence-electron chi connectivity index (χ2n) is 6.87. The van der Waals surface area contributed by atoms with Crippen LogP contribution in [-0.2, 0) is 9.59 Å². The highest BCUT2D eigenvalue weighted by atomic mass is 16.4. The summed E-state index contributed by atoms with van der Waals surface area (Å²) in [5.74, 6) is 8.13. The molecular formula is C21H28O5. The van der Waals surface area contributed by atoms with Gasteiger partial charge in [0.2, 0.25) is 0 Å². The first-order chi connectivity index (χ1) is 12.3. The van der Waals surface area contributed by atoms with Crippen LogP contribution in [0.5, 0.6) is 0 Å². The van der Waals surface area contributed by atoms with Crippen LogP contribution in [0.15, 0.2) is 12.2 Å². The molecule has 1 saturated carbocycles. The highest BCUT2D eigenvalue weighted by molar-refractivity contribution is 5.87. The van der Waals surface area contributed by atoms with E-state index in [-0.39, 0.29) is 12.2 Å². The number of aliphatic hydroxyl groups is 2. The van der Waals surface area contributed by atoms with E-state index in [1.807, 2.05) is 5.92 Å². The number of hydrogen-bond acceptors (Lipinski definition) is 4. The smallest absolute Gasteiger partial charge is 0.382 e. The van der Waals surface area contributed by atoms with Gasteiger partial charge >= 0.3 is 5.97 Å². The van der Waals surface area contributed by atoms with Gasteiger partial charge in [0.15, 0.2) is 0 Å². The van der Waals surface area contributed by atoms with E-state index in [1.165, 1.54) is 6.08 Å². The molecule has 0 spiro atoms. The lowest BCUT2D eigenvalue weighted by Crippen LogP contribution is -2.19. The topological polar surface area (TPSA) is 94.8 Å². The molecule has 5 nitrogen and oxygen atoms in total. The third-order valence-corrected chi connectivity index (χ3v) is 4.53. The fraction of sp³-hybridized carbons (Fsp3) is 0.619. The number of Topliss-reactive ketones (excluding diaryl/α,β-unsaturated/α-hetero) is 1. The van der Waals surface area contributed by atoms with Gasteiger partial charge in [-0.15, -0.1) is 0 Å². The zero-order valence-corrected chi connectivity index (χ0v) is 15.4. The molecule has 0 aliphatic heterocycles. The number of aliphatic hydroxyl groups excluding tert-OH is 2. The first kappa shape index (κ1) is 22.0. The molecule has 0 aromatic rings. The van der Waals surface area contributed by atoms with Crippen LogP contribution in [0.2, 0.25) is 0 Å². The molecule has 1 fully saturated rings. The predicted molar refractivity (Wildman–Crippen MR) is 98.9 cm³/mol. The van der Waals surface area contributed by atoms with Gasteiger partial charge in [-0.05, 0) is 24.8 Å². The number of carbonyl (C=O) groups is 2. The molecule has 5 heteroatoms. The highest BCUT2D eigenvalue weighted by Crippen LogP contribution is 2.31. The maximum absolute atomic E-state index is 12.1. The summed E-state index contributed by atoms with van der Waals surface area (Å²) in [6, 6.07) is 0. The summed E-state index contributed by atoms with van der Waals surface area (Å²) in [7, 11) is 0. The minimum Gasteiger partial charge on any atom is -0.472 e. The van der Waals surface area contributed by atoms with Crippen molar-refractivity contribution in [1.82, 2.24) is 0 Å². The molecule has 1 aliphatic rings. The fourth-order valence-electron chi connectivity index (χ4n) is 3.11. The fourth-order valence-corrected chi connectivity index (χ4v) is 3.11. The van der Waals surface area contributed by atoms with Gasteiger partial charge in [-0.1, -0.05) is 56.9 Å². The summed E-state index contributed by atoms with van der Waals surface area (Å²) in [4.78, 5) is 22.4. The summed E-state index contributed by atoms with van der Waals surface area (Å²) in [6.45, 7) is 4.21. The second-order valence-corrected chi connectivity index (χ2v) is 6.87. The number of hydrogen-bond donors (Lipinski definition) is 3. The van der Waals surface area contributed by atoms with E-state index in [1.54, 1.807) is 6.08 Å². The molecule has 3 N–H and O–H groups in total. The van der Waals surface area contributed by atoms with E-state index in [4.69, 9.17) is 5.11 Å². The first-order valence-electron chi connectivity index (χ1n) is 9.14. The maximum atomic E-state index is 12.1. The molecule has 0 saturated heterocycles. The van der Waals surface area contributed by atoms with Gasteiger partial charge in [-0.3, -0.25) is 4.79 Å². The molecule has 0 heterocycles. The Labute approximate surface area is 155 Å². The van der Waals surface area contributed by atoms with E-state index in [9.17, 15) is 19.8 Å². The van der Waals surface area contributed by atoms with Crippen LogP contribution in [0.25, 0.3) is 0 Å². The third-order valence-electron chi connectivity index (χ3n) is 4.53. The van der Waals surface area contributed by atoms with E-state index in [2.05, 4.69) is 31.6 Å². The molecule has 1 aliphatic carbocycles. The van der Waals surface area contributed by atoms with Crippen LogP contribution in [0.1, 0.15) is 52.4 Å². The Bertz CT molecular complexity index is 628. The number of carboxylic acid groups (broad SMARTS) is 1. The standard InChI is InChI=1S/C21H28O5/c1-3-4-8-15(2)13-16(22)11-12-18-17(19(23)14-20(18)24)9-6-5-7-10-21(25)26/h5-6,15-18,20,22,24H,3-4,8-9,13-14H2,1-2H3,(H,25,26)/b6-5-/t15-,16-,17-,18-,20?/m1/s1. The van der Waals surface area contributed by atoms with Crippen LogP contribution in [-0.4, -0.2) is 39.3 Å². The minimum atomic E-state index is -1.21. The number of aliphatic carboxylic acids is 1. The molecule has 1 unspecified atom stereocenters. The van der Waals surface area contributed by atoms with Crippen molar-refractivity contribution in [3.63, 3.8) is 0 Å². The van der Waals surface area contributed by atoms with Crippen molar-refractivity contribution in [2.75, 3.05) is 0 Å². The van der Waals surface area contributed by atoms with Gasteiger partial charge < -0.3 is 15.3 Å². The zero-order valence-electron chi connectivity index (χ0n) is 15.4. The number of carbonyl (C=O) groups excluding carboxylic acids is 1. The molecule has 142 valence electrons. The molecule has 0 aromatic heterocycles. The Hall–Kier alpha value is -2.08. The summed E-state index contributed by atoms with van der Waals surface area (Å²) < 4.78 is 0. The molecular weight excluding hydrogens is 332 g/mol. The van der Waals surface area contributed by atoms with E-state index in [0.717, 1.165) is 19.3 Å². The van der Waals surface area contributed by atoms with E-state index >= 15 is 0 Å². The van der Waals surface area contributed by atoms with Crippen molar-refractivity contribution < 1.29 is 24.9 Å². The first-order valence-corrected chi connectivity index (χ1v) is 9.14. The normalized spacial score (nSPS) is 24.5. The number of allylic oxidation sites excluding steroid dienone is 2. The average molecular weight is 360 g/mol. The molecule has 5 atom stereocenters. The van der Waals surface area contributed by atoms with Gasteiger partial charge in [0.25, 0.3) is 0 Å². The van der Waals surface area contributed by atoms with Crippen LogP contribution >= 0.6 is 0 Å². The molecule has 0 bridgehead atoms. The molecule has 1 rings (SSSR count). The average Bonchev–Trinajstić information content (AvgIpc) is 2.83. The van der Waals surface area contributed by atoms with Crippen molar-refractivity contribution in [2.24, 2.45) is 17.8 Å². The van der Waals surface area contributed by atoms with E-state index in [0.29, 0.717) is 18.8 Å². The van der Waals surface area contributed by atoms with Gasteiger partial charge in [-0.25, -0.2) is 4.79 Å². The lowest BCUT2D eigenvalue weighted by molar-refractivity contribution is -0.130. The van der Waals surface area contributed by atoms with Crippen LogP contribution in [0, 0.1) is 41.4 Å². The van der Waals surface area contributed by atoms with Crippen molar-refractivity contribution >= 4 is 11.8 Å². The van der Waals surface area contributed by atoms with Crippen LogP contribution in [0.4, 0.5) is 0 Å². The van der Waals surface area contributed by atoms with Crippen molar-refractivity contribution in [1.29, 1.82) is 0 Å². The Balaban J connectivity index is 2.66. The van der Waals surface area contributed by atoms with Gasteiger partial charge in [0, 0.05) is 18.3 Å². The predicted octanol–water partition coefficient (Wildman–Crippen LogP) is 2.17. The second kappa shape index (κ2) is 11.5. The lowest BCUT2D eigenvalue weighted by atomic mass is 9.91. The van der Waals surface area contributed by atoms with Crippen molar-refractivity contribution in [3.05, 3.63) is 12.2 Å². The van der Waals surface area contributed by atoms with E-state index < -0.39 is 30.0 Å². The molecule has 26 heavy (non-hydrogen) atoms. The Morgan fingerprint density at radius 2 is 2.15 bits per heavy atom. The Kier molecular flexibility index (Phi) is 9.73. The number of carboxylic acids is 1. The maximum Gasteiger partial charge on any atom is 0.382 e. The lowest BCUT2D eigenvalue weighted by Gasteiger charge is -2.15. The summed E-state index contributed by atoms with van der Waals surface area (Å²) >= 11 is 0. The Morgan fingerprint density at radius 1 is 1.42 bits per heavy atom. The molecule has 0 radical (unpaired) electrons. The summed E-state index contributed by atoms with van der Waals surface area (Å²) in [5.41, 5.74) is 0. The molecule has 0 aromatic carbocycles. The zero-order chi connectivity index (χ0) is 19.5. The largest absolute Gasteiger partial charge is 0.472 e. The van der Waals surface area contributed by atoms with Crippen LogP contribution in [0.3, 0.4) is 0 Å². The van der Waals surface area contributed by atoms with Gasteiger partial charge in [0.05, 0.1) is 12.0 Å². The monoisotopic (exact) mass is 360 g/mol. The van der Waals surface area contributed by atoms with Gasteiger partial charge in [0.1, 0.15) is 11.9 Å². The number of unbranched alkanes of at least 4 members (excludes halogenated alkanes) is 1. The highest BCUT2D eigenvalue weighted by Gasteiger charge is 2.39. The summed E-state index contributed by atoms with van der Waals surface area (Å²) in [5, 5.41) is 28.6. The third kappa shape index (κ3) is 7.87. The van der Waals surface area contributed by atoms with Crippen molar-refractivity contribution in [2.45, 2.75) is 64.6 Å². The van der Waals surface area contributed by atoms with Crippen LogP contribution < -0.4 is 0 Å². The SMILES string of the molecule is CCCC[C@@H](C)C[C@H](O)C#C[C@H]1C(O)CC(=O)[C@@H]1C/C=C\C#CC(=O)O.